The maximum Gasteiger partial charge on any atom is 0.119 e. The number of benzene rings is 1. The smallest absolute Gasteiger partial charge is 0.119 e. The van der Waals surface area contributed by atoms with Crippen LogP contribution in [0.1, 0.15) is 44.6 Å². The van der Waals surface area contributed by atoms with Crippen LogP contribution < -0.4 is 4.74 Å². The van der Waals surface area contributed by atoms with Gasteiger partial charge >= 0.3 is 0 Å². The third-order valence-electron chi connectivity index (χ3n) is 3.78. The lowest BCUT2D eigenvalue weighted by Gasteiger charge is -2.26. The predicted octanol–water partition coefficient (Wildman–Crippen LogP) is 3.92. The van der Waals surface area contributed by atoms with Crippen molar-refractivity contribution >= 4 is 0 Å². The molecule has 1 aromatic rings. The van der Waals surface area contributed by atoms with E-state index in [2.05, 4.69) is 13.0 Å². The summed E-state index contributed by atoms with van der Waals surface area (Å²) in [7, 11) is 0. The molecule has 0 aliphatic heterocycles. The molecule has 0 saturated heterocycles. The van der Waals surface area contributed by atoms with Crippen molar-refractivity contribution in [3.63, 3.8) is 0 Å². The Kier molecular flexibility index (Phi) is 5.88. The van der Waals surface area contributed by atoms with Crippen LogP contribution in [0.25, 0.3) is 0 Å². The molecule has 2 unspecified atom stereocenters. The zero-order valence-corrected chi connectivity index (χ0v) is 12.2. The third kappa shape index (κ3) is 4.86. The van der Waals surface area contributed by atoms with Gasteiger partial charge in [0.05, 0.1) is 31.0 Å². The topological polar surface area (TPSA) is 42.2 Å². The van der Waals surface area contributed by atoms with Crippen LogP contribution in [0.15, 0.2) is 24.3 Å². The highest BCUT2D eigenvalue weighted by molar-refractivity contribution is 5.34. The van der Waals surface area contributed by atoms with Crippen molar-refractivity contribution in [3.05, 3.63) is 29.8 Å². The lowest BCUT2D eigenvalue weighted by molar-refractivity contribution is 0.0106. The molecule has 2 rings (SSSR count). The van der Waals surface area contributed by atoms with Crippen LogP contribution in [0.5, 0.6) is 5.75 Å². The quantitative estimate of drug-likeness (QED) is 0.738. The highest BCUT2D eigenvalue weighted by Gasteiger charge is 2.18. The van der Waals surface area contributed by atoms with E-state index in [0.717, 1.165) is 24.7 Å². The second-order valence-corrected chi connectivity index (χ2v) is 5.60. The molecule has 0 aromatic heterocycles. The third-order valence-corrected chi connectivity index (χ3v) is 3.78. The van der Waals surface area contributed by atoms with Gasteiger partial charge in [-0.3, -0.25) is 0 Å². The molecule has 0 heterocycles. The summed E-state index contributed by atoms with van der Waals surface area (Å²) in [6.45, 7) is 3.74. The van der Waals surface area contributed by atoms with Gasteiger partial charge in [0.2, 0.25) is 0 Å². The molecule has 1 saturated carbocycles. The summed E-state index contributed by atoms with van der Waals surface area (Å²) in [5.74, 6) is 1.62. The first-order valence-corrected chi connectivity index (χ1v) is 7.52. The number of nitrogens with zero attached hydrogens (tertiary/aromatic N) is 1. The van der Waals surface area contributed by atoms with Gasteiger partial charge in [-0.05, 0) is 43.0 Å². The van der Waals surface area contributed by atoms with Crippen LogP contribution in [0.3, 0.4) is 0 Å². The molecule has 2 atom stereocenters. The monoisotopic (exact) mass is 273 g/mol. The first-order valence-electron chi connectivity index (χ1n) is 7.52. The molecule has 0 spiro atoms. The Bertz CT molecular complexity index is 435. The van der Waals surface area contributed by atoms with Crippen molar-refractivity contribution in [1.29, 1.82) is 5.26 Å². The van der Waals surface area contributed by atoms with E-state index in [-0.39, 0.29) is 0 Å². The Morgan fingerprint density at radius 1 is 1.20 bits per heavy atom. The molecule has 3 nitrogen and oxygen atoms in total. The second kappa shape index (κ2) is 7.91. The summed E-state index contributed by atoms with van der Waals surface area (Å²) in [6, 6.07) is 9.31. The lowest BCUT2D eigenvalue weighted by atomic mass is 9.89. The number of rotatable bonds is 6. The van der Waals surface area contributed by atoms with Crippen LogP contribution in [-0.4, -0.2) is 19.3 Å². The van der Waals surface area contributed by atoms with Gasteiger partial charge < -0.3 is 9.47 Å². The maximum absolute atomic E-state index is 8.71. The van der Waals surface area contributed by atoms with Gasteiger partial charge in [-0.15, -0.1) is 0 Å². The standard InChI is InChI=1S/C17H23NO2/c1-14-4-2-5-17(12-14)20-11-3-10-19-16-8-6-15(13-18)7-9-16/h6-9,14,17H,2-5,10-12H2,1H3. The fourth-order valence-electron chi connectivity index (χ4n) is 2.65. The summed E-state index contributed by atoms with van der Waals surface area (Å²) in [4.78, 5) is 0. The van der Waals surface area contributed by atoms with E-state index < -0.39 is 0 Å². The summed E-state index contributed by atoms with van der Waals surface area (Å²) in [5.41, 5.74) is 0.659. The van der Waals surface area contributed by atoms with Gasteiger partial charge in [0, 0.05) is 6.42 Å². The van der Waals surface area contributed by atoms with Crippen LogP contribution in [0.2, 0.25) is 0 Å². The van der Waals surface area contributed by atoms with Crippen LogP contribution >= 0.6 is 0 Å². The Balaban J connectivity index is 1.58. The largest absolute Gasteiger partial charge is 0.494 e. The van der Waals surface area contributed by atoms with E-state index in [1.54, 1.807) is 12.1 Å². The van der Waals surface area contributed by atoms with Crippen molar-refractivity contribution in [1.82, 2.24) is 0 Å². The highest BCUT2D eigenvalue weighted by atomic mass is 16.5. The molecule has 1 fully saturated rings. The van der Waals surface area contributed by atoms with Crippen LogP contribution in [0.4, 0.5) is 0 Å². The molecule has 108 valence electrons. The molecule has 1 aromatic carbocycles. The fraction of sp³-hybridized carbons (Fsp3) is 0.588. The van der Waals surface area contributed by atoms with Crippen molar-refractivity contribution in [2.24, 2.45) is 5.92 Å². The van der Waals surface area contributed by atoms with Crippen molar-refractivity contribution in [2.45, 2.75) is 45.1 Å². The maximum atomic E-state index is 8.71. The van der Waals surface area contributed by atoms with E-state index >= 15 is 0 Å². The Morgan fingerprint density at radius 3 is 2.70 bits per heavy atom. The molecule has 1 aliphatic carbocycles. The molecular formula is C17H23NO2. The number of ether oxygens (including phenoxy) is 2. The van der Waals surface area contributed by atoms with Gasteiger partial charge in [-0.2, -0.15) is 5.26 Å². The SMILES string of the molecule is CC1CCCC(OCCCOc2ccc(C#N)cc2)C1. The van der Waals surface area contributed by atoms with Crippen molar-refractivity contribution < 1.29 is 9.47 Å². The number of hydrogen-bond acceptors (Lipinski definition) is 3. The molecule has 0 N–H and O–H groups in total. The molecule has 0 bridgehead atoms. The Morgan fingerprint density at radius 2 is 2.00 bits per heavy atom. The van der Waals surface area contributed by atoms with E-state index in [0.29, 0.717) is 18.3 Å². The zero-order chi connectivity index (χ0) is 14.2. The van der Waals surface area contributed by atoms with Crippen molar-refractivity contribution in [3.8, 4) is 11.8 Å². The first-order chi connectivity index (χ1) is 9.78. The predicted molar refractivity (Wildman–Crippen MR) is 78.6 cm³/mol. The molecule has 20 heavy (non-hydrogen) atoms. The lowest BCUT2D eigenvalue weighted by Crippen LogP contribution is -2.22. The number of nitriles is 1. The molecular weight excluding hydrogens is 250 g/mol. The Labute approximate surface area is 121 Å². The summed E-state index contributed by atoms with van der Waals surface area (Å²) >= 11 is 0. The summed E-state index contributed by atoms with van der Waals surface area (Å²) in [5, 5.41) is 8.71. The van der Waals surface area contributed by atoms with Gasteiger partial charge in [-0.1, -0.05) is 19.8 Å². The molecule has 3 heteroatoms. The molecule has 1 aliphatic rings. The summed E-state index contributed by atoms with van der Waals surface area (Å²) in [6.07, 6.45) is 6.42. The van der Waals surface area contributed by atoms with E-state index in [1.165, 1.54) is 25.7 Å². The average molecular weight is 273 g/mol. The minimum absolute atomic E-state index is 0.452. The van der Waals surface area contributed by atoms with Gasteiger partial charge in [0.1, 0.15) is 5.75 Å². The first kappa shape index (κ1) is 14.9. The van der Waals surface area contributed by atoms with Gasteiger partial charge in [-0.25, -0.2) is 0 Å². The highest BCUT2D eigenvalue weighted by Crippen LogP contribution is 2.25. The zero-order valence-electron chi connectivity index (χ0n) is 12.2. The average Bonchev–Trinajstić information content (AvgIpc) is 2.48. The van der Waals surface area contributed by atoms with Crippen LogP contribution in [0, 0.1) is 17.2 Å². The van der Waals surface area contributed by atoms with E-state index in [4.69, 9.17) is 14.7 Å². The van der Waals surface area contributed by atoms with Gasteiger partial charge in [0.25, 0.3) is 0 Å². The normalized spacial score (nSPS) is 22.2. The molecule has 0 amide bonds. The molecule has 0 radical (unpaired) electrons. The summed E-state index contributed by atoms with van der Waals surface area (Å²) < 4.78 is 11.5. The van der Waals surface area contributed by atoms with E-state index in [1.807, 2.05) is 12.1 Å². The van der Waals surface area contributed by atoms with E-state index in [9.17, 15) is 0 Å². The minimum atomic E-state index is 0.452. The fourth-order valence-corrected chi connectivity index (χ4v) is 2.65. The van der Waals surface area contributed by atoms with Crippen molar-refractivity contribution in [2.75, 3.05) is 13.2 Å². The second-order valence-electron chi connectivity index (χ2n) is 5.60. The number of hydrogen-bond donors (Lipinski definition) is 0. The minimum Gasteiger partial charge on any atom is -0.494 e. The van der Waals surface area contributed by atoms with Gasteiger partial charge in [0.15, 0.2) is 0 Å². The Hall–Kier alpha value is -1.53. The van der Waals surface area contributed by atoms with Crippen LogP contribution in [-0.2, 0) is 4.74 Å².